The Labute approximate surface area is 125 Å². The highest BCUT2D eigenvalue weighted by Crippen LogP contribution is 2.38. The van der Waals surface area contributed by atoms with Gasteiger partial charge in [-0.1, -0.05) is 0 Å². The molecule has 0 spiro atoms. The molecule has 1 aromatic heterocycles. The molecule has 0 amide bonds. The normalized spacial score (nSPS) is 10.4. The smallest absolute Gasteiger partial charge is 0.203 e. The third-order valence-corrected chi connectivity index (χ3v) is 3.50. The number of hydrogen-bond acceptors (Lipinski definition) is 5. The second-order valence-electron chi connectivity index (χ2n) is 4.07. The number of nitrogens with zero attached hydrogens (tertiary/aromatic N) is 2. The van der Waals surface area contributed by atoms with Crippen molar-refractivity contribution < 1.29 is 14.2 Å². The Morgan fingerprint density at radius 2 is 1.75 bits per heavy atom. The van der Waals surface area contributed by atoms with Gasteiger partial charge in [-0.05, 0) is 33.6 Å². The molecule has 0 fully saturated rings. The minimum Gasteiger partial charge on any atom is -0.493 e. The molecule has 2 rings (SSSR count). The van der Waals surface area contributed by atoms with Crippen molar-refractivity contribution in [3.8, 4) is 17.2 Å². The number of nitrogen functional groups attached to an aromatic ring is 1. The Kier molecular flexibility index (Phi) is 4.39. The molecule has 0 saturated carbocycles. The standard InChI is InChI=1S/C13H16BrN3O3/c1-18-10-4-8(5-11(19-2)12(10)20-3)7-17-13(15)9(14)6-16-17/h4-6H,7,15H2,1-3H3. The Balaban J connectivity index is 2.40. The molecule has 0 aliphatic heterocycles. The lowest BCUT2D eigenvalue weighted by Gasteiger charge is -2.14. The van der Waals surface area contributed by atoms with E-state index in [9.17, 15) is 0 Å². The molecule has 2 N–H and O–H groups in total. The maximum absolute atomic E-state index is 5.91. The molecule has 0 saturated heterocycles. The van der Waals surface area contributed by atoms with Crippen LogP contribution in [0.3, 0.4) is 0 Å². The van der Waals surface area contributed by atoms with Crippen LogP contribution in [0.4, 0.5) is 5.82 Å². The van der Waals surface area contributed by atoms with Crippen molar-refractivity contribution in [2.75, 3.05) is 27.1 Å². The van der Waals surface area contributed by atoms with E-state index in [1.54, 1.807) is 32.2 Å². The highest BCUT2D eigenvalue weighted by molar-refractivity contribution is 9.10. The molecule has 0 aliphatic carbocycles. The van der Waals surface area contributed by atoms with E-state index in [0.29, 0.717) is 29.6 Å². The summed E-state index contributed by atoms with van der Waals surface area (Å²) in [5.41, 5.74) is 6.86. The predicted molar refractivity (Wildman–Crippen MR) is 79.5 cm³/mol. The summed E-state index contributed by atoms with van der Waals surface area (Å²) in [7, 11) is 4.74. The van der Waals surface area contributed by atoms with Gasteiger partial charge in [-0.2, -0.15) is 5.10 Å². The zero-order valence-corrected chi connectivity index (χ0v) is 13.1. The maximum atomic E-state index is 5.91. The first-order chi connectivity index (χ1) is 9.60. The molecule has 1 aromatic carbocycles. The van der Waals surface area contributed by atoms with Gasteiger partial charge in [-0.15, -0.1) is 0 Å². The Morgan fingerprint density at radius 1 is 1.15 bits per heavy atom. The van der Waals surface area contributed by atoms with Crippen molar-refractivity contribution in [1.29, 1.82) is 0 Å². The van der Waals surface area contributed by atoms with Gasteiger partial charge in [0.25, 0.3) is 0 Å². The predicted octanol–water partition coefficient (Wildman–Crippen LogP) is 2.30. The zero-order chi connectivity index (χ0) is 14.7. The van der Waals surface area contributed by atoms with Gasteiger partial charge in [0.2, 0.25) is 5.75 Å². The molecule has 20 heavy (non-hydrogen) atoms. The average Bonchev–Trinajstić information content (AvgIpc) is 2.78. The van der Waals surface area contributed by atoms with E-state index in [0.717, 1.165) is 10.0 Å². The minimum atomic E-state index is 0.508. The molecule has 7 heteroatoms. The van der Waals surface area contributed by atoms with Crippen LogP contribution in [0.25, 0.3) is 0 Å². The topological polar surface area (TPSA) is 71.5 Å². The fourth-order valence-electron chi connectivity index (χ4n) is 1.90. The van der Waals surface area contributed by atoms with E-state index < -0.39 is 0 Å². The number of aromatic nitrogens is 2. The lowest BCUT2D eigenvalue weighted by Crippen LogP contribution is -2.07. The Morgan fingerprint density at radius 3 is 2.15 bits per heavy atom. The number of rotatable bonds is 5. The van der Waals surface area contributed by atoms with E-state index in [4.69, 9.17) is 19.9 Å². The zero-order valence-electron chi connectivity index (χ0n) is 11.5. The molecular formula is C13H16BrN3O3. The van der Waals surface area contributed by atoms with E-state index >= 15 is 0 Å². The molecule has 0 aliphatic rings. The largest absolute Gasteiger partial charge is 0.493 e. The molecule has 108 valence electrons. The van der Waals surface area contributed by atoms with Gasteiger partial charge in [0, 0.05) is 0 Å². The summed E-state index contributed by atoms with van der Waals surface area (Å²) in [5.74, 6) is 2.34. The van der Waals surface area contributed by atoms with Crippen LogP contribution in [0.2, 0.25) is 0 Å². The number of anilines is 1. The molecule has 0 atom stereocenters. The van der Waals surface area contributed by atoms with Crippen LogP contribution in [0.1, 0.15) is 5.56 Å². The number of nitrogens with two attached hydrogens (primary N) is 1. The van der Waals surface area contributed by atoms with Crippen LogP contribution in [-0.2, 0) is 6.54 Å². The number of methoxy groups -OCH3 is 3. The first kappa shape index (κ1) is 14.5. The summed E-state index contributed by atoms with van der Waals surface area (Å²) >= 11 is 3.33. The van der Waals surface area contributed by atoms with Crippen molar-refractivity contribution in [3.63, 3.8) is 0 Å². The van der Waals surface area contributed by atoms with Crippen LogP contribution >= 0.6 is 15.9 Å². The van der Waals surface area contributed by atoms with Crippen LogP contribution in [0.15, 0.2) is 22.8 Å². The highest BCUT2D eigenvalue weighted by atomic mass is 79.9. The van der Waals surface area contributed by atoms with Crippen LogP contribution in [0, 0.1) is 0 Å². The third-order valence-electron chi connectivity index (χ3n) is 2.89. The second kappa shape index (κ2) is 6.04. The number of ether oxygens (including phenoxy) is 3. The molecular weight excluding hydrogens is 326 g/mol. The molecule has 6 nitrogen and oxygen atoms in total. The van der Waals surface area contributed by atoms with Gasteiger partial charge in [-0.25, -0.2) is 4.68 Å². The minimum absolute atomic E-state index is 0.508. The monoisotopic (exact) mass is 341 g/mol. The van der Waals surface area contributed by atoms with Gasteiger partial charge in [0.1, 0.15) is 5.82 Å². The Hall–Kier alpha value is -1.89. The fraction of sp³-hybridized carbons (Fsp3) is 0.308. The number of halogens is 1. The first-order valence-corrected chi connectivity index (χ1v) is 6.65. The molecule has 0 bridgehead atoms. The summed E-state index contributed by atoms with van der Waals surface area (Å²) < 4.78 is 18.4. The number of benzene rings is 1. The van der Waals surface area contributed by atoms with E-state index in [2.05, 4.69) is 21.0 Å². The highest BCUT2D eigenvalue weighted by Gasteiger charge is 2.14. The van der Waals surface area contributed by atoms with Crippen molar-refractivity contribution in [2.24, 2.45) is 0 Å². The van der Waals surface area contributed by atoms with Gasteiger partial charge in [0.05, 0.1) is 38.5 Å². The second-order valence-corrected chi connectivity index (χ2v) is 4.92. The van der Waals surface area contributed by atoms with Gasteiger partial charge >= 0.3 is 0 Å². The quantitative estimate of drug-likeness (QED) is 0.903. The average molecular weight is 342 g/mol. The SMILES string of the molecule is COc1cc(Cn2ncc(Br)c2N)cc(OC)c1OC. The molecule has 2 aromatic rings. The van der Waals surface area contributed by atoms with Gasteiger partial charge in [-0.3, -0.25) is 0 Å². The lowest BCUT2D eigenvalue weighted by molar-refractivity contribution is 0.323. The lowest BCUT2D eigenvalue weighted by atomic mass is 10.2. The van der Waals surface area contributed by atoms with Crippen LogP contribution in [0.5, 0.6) is 17.2 Å². The van der Waals surface area contributed by atoms with Crippen LogP contribution < -0.4 is 19.9 Å². The number of hydrogen-bond donors (Lipinski definition) is 1. The summed E-state index contributed by atoms with van der Waals surface area (Å²) in [5, 5.41) is 4.20. The fourth-order valence-corrected chi connectivity index (χ4v) is 2.19. The van der Waals surface area contributed by atoms with Gasteiger partial charge in [0.15, 0.2) is 11.5 Å². The molecule has 0 unspecified atom stereocenters. The third kappa shape index (κ3) is 2.67. The molecule has 0 radical (unpaired) electrons. The van der Waals surface area contributed by atoms with Crippen molar-refractivity contribution in [3.05, 3.63) is 28.4 Å². The van der Waals surface area contributed by atoms with E-state index in [1.165, 1.54) is 0 Å². The summed E-state index contributed by atoms with van der Waals surface area (Å²) in [6.07, 6.45) is 1.66. The van der Waals surface area contributed by atoms with Crippen molar-refractivity contribution >= 4 is 21.7 Å². The maximum Gasteiger partial charge on any atom is 0.203 e. The van der Waals surface area contributed by atoms with Crippen LogP contribution in [-0.4, -0.2) is 31.1 Å². The van der Waals surface area contributed by atoms with Gasteiger partial charge < -0.3 is 19.9 Å². The first-order valence-electron chi connectivity index (χ1n) is 5.86. The summed E-state index contributed by atoms with van der Waals surface area (Å²) in [6, 6.07) is 3.74. The summed E-state index contributed by atoms with van der Waals surface area (Å²) in [6.45, 7) is 0.508. The Bertz CT molecular complexity index is 588. The van der Waals surface area contributed by atoms with E-state index in [-0.39, 0.29) is 0 Å². The van der Waals surface area contributed by atoms with E-state index in [1.807, 2.05) is 12.1 Å². The molecule has 1 heterocycles. The van der Waals surface area contributed by atoms with Crippen molar-refractivity contribution in [2.45, 2.75) is 6.54 Å². The van der Waals surface area contributed by atoms with Crippen molar-refractivity contribution in [1.82, 2.24) is 9.78 Å². The summed E-state index contributed by atoms with van der Waals surface area (Å²) in [4.78, 5) is 0.